The molecule has 9 nitrogen and oxygen atoms in total. The first-order valence-corrected chi connectivity index (χ1v) is 8.80. The Morgan fingerprint density at radius 2 is 1.72 bits per heavy atom. The molecule has 0 bridgehead atoms. The van der Waals surface area contributed by atoms with Gasteiger partial charge in [-0.05, 0) is 43.3 Å². The third-order valence-electron chi connectivity index (χ3n) is 4.00. The molecular weight excluding hydrogens is 384 g/mol. The van der Waals surface area contributed by atoms with E-state index in [0.29, 0.717) is 23.7 Å². The Morgan fingerprint density at radius 3 is 2.31 bits per heavy atom. The second kappa shape index (κ2) is 8.59. The molecule has 2 heterocycles. The molecule has 11 heteroatoms. The van der Waals surface area contributed by atoms with E-state index in [2.05, 4.69) is 25.9 Å². The van der Waals surface area contributed by atoms with Crippen LogP contribution in [0.3, 0.4) is 0 Å². The number of aromatic nitrogens is 4. The highest BCUT2D eigenvalue weighted by atomic mass is 19.3. The van der Waals surface area contributed by atoms with Crippen molar-refractivity contribution in [1.82, 2.24) is 19.8 Å². The average Bonchev–Trinajstić information content (AvgIpc) is 3.10. The Bertz CT molecular complexity index is 1020. The molecule has 0 aliphatic carbocycles. The Labute approximate surface area is 164 Å². The molecule has 29 heavy (non-hydrogen) atoms. The largest absolute Gasteiger partial charge is 0.346 e. The van der Waals surface area contributed by atoms with Crippen LogP contribution in [0.5, 0.6) is 0 Å². The third-order valence-corrected chi connectivity index (χ3v) is 4.00. The fourth-order valence-electron chi connectivity index (χ4n) is 2.67. The number of hydrogen-bond donors (Lipinski definition) is 2. The number of halogens is 2. The van der Waals surface area contributed by atoms with E-state index in [4.69, 9.17) is 0 Å². The van der Waals surface area contributed by atoms with Crippen molar-refractivity contribution in [3.05, 3.63) is 42.2 Å². The molecule has 3 aromatic rings. The summed E-state index contributed by atoms with van der Waals surface area (Å²) in [4.78, 5) is 25.1. The van der Waals surface area contributed by atoms with Gasteiger partial charge in [0.05, 0.1) is 6.54 Å². The maximum absolute atomic E-state index is 13.0. The molecule has 0 saturated carbocycles. The summed E-state index contributed by atoms with van der Waals surface area (Å²) in [7, 11) is 0. The van der Waals surface area contributed by atoms with Crippen molar-refractivity contribution in [2.24, 2.45) is 0 Å². The molecule has 1 aromatic carbocycles. The quantitative estimate of drug-likeness (QED) is 0.628. The third kappa shape index (κ3) is 4.81. The van der Waals surface area contributed by atoms with E-state index in [1.807, 2.05) is 6.92 Å². The number of benzene rings is 1. The van der Waals surface area contributed by atoms with Gasteiger partial charge >= 0.3 is 0 Å². The van der Waals surface area contributed by atoms with Gasteiger partial charge in [0.1, 0.15) is 5.82 Å². The summed E-state index contributed by atoms with van der Waals surface area (Å²) >= 11 is 0. The lowest BCUT2D eigenvalue weighted by molar-refractivity contribution is -0.115. The standard InChI is InChI=1S/C18H19F2N7O2/c1-3-26(15-9-8-14-23-24-18(17(19)20)27(14)25-15)10-16(29)22-13-6-4-12(5-7-13)21-11(2)28/h4-9,17H,3,10H2,1-2H3,(H,21,28)(H,22,29). The zero-order valence-electron chi connectivity index (χ0n) is 15.8. The maximum Gasteiger partial charge on any atom is 0.299 e. The van der Waals surface area contributed by atoms with Gasteiger partial charge in [-0.25, -0.2) is 8.78 Å². The number of carbonyl (C=O) groups excluding carboxylic acids is 2. The number of likely N-dealkylation sites (N-methyl/N-ethyl adjacent to an activating group) is 1. The second-order valence-electron chi connectivity index (χ2n) is 6.14. The summed E-state index contributed by atoms with van der Waals surface area (Å²) in [5.41, 5.74) is 1.37. The van der Waals surface area contributed by atoms with Crippen molar-refractivity contribution < 1.29 is 18.4 Å². The Kier molecular flexibility index (Phi) is 5.96. The summed E-state index contributed by atoms with van der Waals surface area (Å²) in [6, 6.07) is 9.77. The molecule has 0 saturated heterocycles. The SMILES string of the molecule is CCN(CC(=O)Nc1ccc(NC(C)=O)cc1)c1ccc2nnc(C(F)F)n2n1. The van der Waals surface area contributed by atoms with Crippen molar-refractivity contribution in [3.63, 3.8) is 0 Å². The van der Waals surface area contributed by atoms with Crippen LogP contribution in [0.4, 0.5) is 26.0 Å². The molecule has 0 radical (unpaired) electrons. The van der Waals surface area contributed by atoms with Gasteiger partial charge in [0.2, 0.25) is 17.6 Å². The lowest BCUT2D eigenvalue weighted by Gasteiger charge is -2.21. The highest BCUT2D eigenvalue weighted by Gasteiger charge is 2.19. The van der Waals surface area contributed by atoms with E-state index in [0.717, 1.165) is 4.52 Å². The van der Waals surface area contributed by atoms with E-state index in [-0.39, 0.29) is 24.0 Å². The van der Waals surface area contributed by atoms with Crippen molar-refractivity contribution in [1.29, 1.82) is 0 Å². The molecular formula is C18H19F2N7O2. The van der Waals surface area contributed by atoms with E-state index in [1.165, 1.54) is 13.0 Å². The number of nitrogens with one attached hydrogen (secondary N) is 2. The zero-order valence-corrected chi connectivity index (χ0v) is 15.8. The van der Waals surface area contributed by atoms with Crippen LogP contribution in [-0.4, -0.2) is 44.7 Å². The zero-order chi connectivity index (χ0) is 21.0. The van der Waals surface area contributed by atoms with Crippen LogP contribution in [0.2, 0.25) is 0 Å². The Hall–Kier alpha value is -3.63. The number of amides is 2. The lowest BCUT2D eigenvalue weighted by atomic mass is 10.2. The van der Waals surface area contributed by atoms with Gasteiger partial charge in [-0.2, -0.15) is 4.52 Å². The number of carbonyl (C=O) groups is 2. The molecule has 0 unspecified atom stereocenters. The first-order valence-electron chi connectivity index (χ1n) is 8.80. The van der Waals surface area contributed by atoms with Crippen LogP contribution >= 0.6 is 0 Å². The van der Waals surface area contributed by atoms with Crippen molar-refractivity contribution in [3.8, 4) is 0 Å². The monoisotopic (exact) mass is 403 g/mol. The van der Waals surface area contributed by atoms with Crippen LogP contribution in [0.15, 0.2) is 36.4 Å². The van der Waals surface area contributed by atoms with E-state index in [9.17, 15) is 18.4 Å². The van der Waals surface area contributed by atoms with Crippen molar-refractivity contribution in [2.45, 2.75) is 20.3 Å². The highest BCUT2D eigenvalue weighted by Crippen LogP contribution is 2.19. The van der Waals surface area contributed by atoms with Crippen LogP contribution in [0.25, 0.3) is 5.65 Å². The molecule has 2 aromatic heterocycles. The predicted octanol–water partition coefficient (Wildman–Crippen LogP) is 2.49. The summed E-state index contributed by atoms with van der Waals surface area (Å²) in [6.07, 6.45) is -2.81. The molecule has 3 rings (SSSR count). The minimum Gasteiger partial charge on any atom is -0.346 e. The lowest BCUT2D eigenvalue weighted by Crippen LogP contribution is -2.34. The smallest absolute Gasteiger partial charge is 0.299 e. The van der Waals surface area contributed by atoms with Crippen LogP contribution < -0.4 is 15.5 Å². The predicted molar refractivity (Wildman–Crippen MR) is 103 cm³/mol. The number of anilines is 3. The van der Waals surface area contributed by atoms with Gasteiger partial charge in [-0.15, -0.1) is 15.3 Å². The number of alkyl halides is 2. The van der Waals surface area contributed by atoms with Gasteiger partial charge in [0, 0.05) is 24.8 Å². The first kappa shape index (κ1) is 20.1. The van der Waals surface area contributed by atoms with Crippen molar-refractivity contribution >= 4 is 34.7 Å². The fourth-order valence-corrected chi connectivity index (χ4v) is 2.67. The van der Waals surface area contributed by atoms with Crippen LogP contribution in [0.1, 0.15) is 26.1 Å². The van der Waals surface area contributed by atoms with Gasteiger partial charge in [-0.3, -0.25) is 9.59 Å². The molecule has 2 N–H and O–H groups in total. The molecule has 152 valence electrons. The molecule has 2 amide bonds. The number of hydrogen-bond acceptors (Lipinski definition) is 6. The Balaban J connectivity index is 1.70. The van der Waals surface area contributed by atoms with Crippen LogP contribution in [0, 0.1) is 0 Å². The minimum absolute atomic E-state index is 0.0331. The van der Waals surface area contributed by atoms with Gasteiger partial charge in [-0.1, -0.05) is 0 Å². The van der Waals surface area contributed by atoms with Gasteiger partial charge in [0.15, 0.2) is 5.65 Å². The Morgan fingerprint density at radius 1 is 1.07 bits per heavy atom. The maximum atomic E-state index is 13.0. The number of nitrogens with zero attached hydrogens (tertiary/aromatic N) is 5. The summed E-state index contributed by atoms with van der Waals surface area (Å²) in [5, 5.41) is 16.6. The van der Waals surface area contributed by atoms with Gasteiger partial charge < -0.3 is 15.5 Å². The molecule has 0 aliphatic heterocycles. The molecule has 0 atom stereocenters. The normalized spacial score (nSPS) is 10.9. The van der Waals surface area contributed by atoms with E-state index >= 15 is 0 Å². The van der Waals surface area contributed by atoms with E-state index < -0.39 is 12.2 Å². The molecule has 0 fully saturated rings. The summed E-state index contributed by atoms with van der Waals surface area (Å²) in [6.45, 7) is 3.63. The fraction of sp³-hybridized carbons (Fsp3) is 0.278. The van der Waals surface area contributed by atoms with E-state index in [1.54, 1.807) is 35.2 Å². The second-order valence-corrected chi connectivity index (χ2v) is 6.14. The summed E-state index contributed by atoms with van der Waals surface area (Å²) in [5.74, 6) is -0.703. The number of rotatable bonds is 7. The molecule has 0 spiro atoms. The average molecular weight is 403 g/mol. The van der Waals surface area contributed by atoms with Gasteiger partial charge in [0.25, 0.3) is 6.43 Å². The summed E-state index contributed by atoms with van der Waals surface area (Å²) < 4.78 is 27.0. The number of fused-ring (bicyclic) bond motifs is 1. The first-order chi connectivity index (χ1) is 13.9. The van der Waals surface area contributed by atoms with Crippen molar-refractivity contribution in [2.75, 3.05) is 28.6 Å². The topological polar surface area (TPSA) is 105 Å². The molecule has 0 aliphatic rings. The minimum atomic E-state index is -2.81. The highest BCUT2D eigenvalue weighted by molar-refractivity contribution is 5.94. The van der Waals surface area contributed by atoms with Crippen LogP contribution in [-0.2, 0) is 9.59 Å².